The molecule has 32 heteroatoms. The first-order chi connectivity index (χ1) is 69.3. The van der Waals surface area contributed by atoms with E-state index in [1.165, 1.54) is 302 Å². The second-order valence-electron chi connectivity index (χ2n) is 45.3. The molecule has 0 spiro atoms. The molecule has 14 saturated heterocycles. The molecule has 0 atom stereocenters. The molecule has 3 aromatic rings. The first kappa shape index (κ1) is 132. The van der Waals surface area contributed by atoms with Crippen LogP contribution in [0.25, 0.3) is 0 Å². The van der Waals surface area contributed by atoms with Crippen molar-refractivity contribution in [2.45, 2.75) is 345 Å². The Morgan fingerprint density at radius 1 is 0.160 bits per heavy atom. The number of benzene rings is 3. The summed E-state index contributed by atoms with van der Waals surface area (Å²) in [5.74, 6) is 5.01. The highest BCUT2D eigenvalue weighted by Crippen LogP contribution is 2.33. The van der Waals surface area contributed by atoms with Crippen LogP contribution >= 0.6 is 0 Å². The van der Waals surface area contributed by atoms with Gasteiger partial charge in [0.2, 0.25) is 0 Å². The summed E-state index contributed by atoms with van der Waals surface area (Å²) in [4.78, 5) is 36.7. The molecule has 144 heavy (non-hydrogen) atoms. The van der Waals surface area contributed by atoms with Crippen molar-refractivity contribution in [1.29, 1.82) is 0 Å². The maximum Gasteiger partial charge on any atom is 0.182 e. The molecule has 14 aliphatic heterocycles. The van der Waals surface area contributed by atoms with Gasteiger partial charge in [0.25, 0.3) is 0 Å². The van der Waals surface area contributed by atoms with Gasteiger partial charge in [-0.3, -0.25) is 9.80 Å². The summed E-state index contributed by atoms with van der Waals surface area (Å²) in [6.45, 7) is 60.8. The largest absolute Gasteiger partial charge is 0.369 e. The van der Waals surface area contributed by atoms with Crippen molar-refractivity contribution < 1.29 is 0 Å². The molecule has 0 aromatic heterocycles. The highest BCUT2D eigenvalue weighted by Gasteiger charge is 2.32. The second-order valence-corrected chi connectivity index (χ2v) is 45.3. The van der Waals surface area contributed by atoms with E-state index >= 15 is 0 Å². The van der Waals surface area contributed by atoms with Gasteiger partial charge in [-0.15, -0.1) is 0 Å². The number of hydrogen-bond acceptors (Lipinski definition) is 18. The summed E-state index contributed by atoms with van der Waals surface area (Å²) >= 11 is 0. The fraction of sp³-hybridized carbons (Fsp3) is 0.839. The van der Waals surface area contributed by atoms with E-state index in [4.69, 9.17) is 112 Å². The molecule has 782 valence electrons. The fourth-order valence-corrected chi connectivity index (χ4v) is 21.6. The zero-order chi connectivity index (χ0) is 105. The van der Waals surface area contributed by atoms with Crippen molar-refractivity contribution in [3.63, 3.8) is 0 Å². The van der Waals surface area contributed by atoms with Crippen LogP contribution < -0.4 is 9.80 Å². The Balaban J connectivity index is 0.000000275. The molecular formula is C112H202B14N18. The van der Waals surface area contributed by atoms with E-state index in [0.29, 0.717) is 0 Å². The van der Waals surface area contributed by atoms with E-state index in [9.17, 15) is 0 Å². The van der Waals surface area contributed by atoms with Crippen molar-refractivity contribution in [2.24, 2.45) is 29.6 Å². The summed E-state index contributed by atoms with van der Waals surface area (Å²) in [6.07, 6.45) is 55.2. The minimum atomic E-state index is 0.802. The van der Waals surface area contributed by atoms with Gasteiger partial charge in [0.05, 0.1) is 0 Å². The monoisotopic (exact) mass is 1950 g/mol. The Morgan fingerprint density at radius 3 is 0.451 bits per heavy atom. The van der Waals surface area contributed by atoms with Crippen LogP contribution in [0.15, 0.2) is 66.7 Å². The normalized spacial score (nSPS) is 26.5. The molecule has 0 amide bonds. The summed E-state index contributed by atoms with van der Waals surface area (Å²) in [5, 5.41) is 0. The van der Waals surface area contributed by atoms with Gasteiger partial charge in [-0.1, -0.05) is 195 Å². The van der Waals surface area contributed by atoms with Gasteiger partial charge in [-0.2, -0.15) is 0 Å². The van der Waals surface area contributed by atoms with Crippen LogP contribution in [-0.2, 0) is 0 Å². The third kappa shape index (κ3) is 68.6. The lowest BCUT2D eigenvalue weighted by molar-refractivity contribution is 0.0618. The highest BCUT2D eigenvalue weighted by atomic mass is 15.3. The molecule has 0 N–H and O–H groups in total. The van der Waals surface area contributed by atoms with E-state index in [-0.39, 0.29) is 0 Å². The van der Waals surface area contributed by atoms with E-state index in [2.05, 4.69) is 156 Å². The minimum Gasteiger partial charge on any atom is -0.369 e. The lowest BCUT2D eigenvalue weighted by atomic mass is 9.78. The molecule has 0 bridgehead atoms. The lowest BCUT2D eigenvalue weighted by Crippen LogP contribution is -2.53. The Labute approximate surface area is 908 Å². The first-order valence-electron chi connectivity index (χ1n) is 58.4. The van der Waals surface area contributed by atoms with E-state index < -0.39 is 0 Å². The highest BCUT2D eigenvalue weighted by molar-refractivity contribution is 6.07. The van der Waals surface area contributed by atoms with Crippen molar-refractivity contribution in [2.75, 3.05) is 245 Å². The second kappa shape index (κ2) is 83.0. The molecule has 20 rings (SSSR count). The van der Waals surface area contributed by atoms with Crippen LogP contribution in [0.2, 0.25) is 0 Å². The molecule has 18 nitrogen and oxygen atoms in total. The van der Waals surface area contributed by atoms with E-state index in [1.807, 2.05) is 67.4 Å². The number of aryl methyl sites for hydroxylation is 5. The van der Waals surface area contributed by atoms with Crippen LogP contribution in [0.3, 0.4) is 0 Å². The predicted octanol–water partition coefficient (Wildman–Crippen LogP) is 16.2. The van der Waals surface area contributed by atoms with E-state index in [1.54, 1.807) is 0 Å². The number of hydrogen-bond donors (Lipinski definition) is 0. The summed E-state index contributed by atoms with van der Waals surface area (Å²) < 4.78 is 0. The Kier molecular flexibility index (Phi) is 76.1. The summed E-state index contributed by atoms with van der Waals surface area (Å²) in [6, 6.07) is 25.5. The topological polar surface area (TPSA) is 58.3 Å². The maximum atomic E-state index is 5.84. The number of anilines is 2. The van der Waals surface area contributed by atoms with Crippen LogP contribution in [0.4, 0.5) is 11.4 Å². The SMILES string of the molecule is CC1CC(C)CC(C)C1.CC1CCC(C)CC1.Cc1cc(C)cc(C)c1.Cc1ccc(C)cc1.[B]N1CCCCC1.[B]N1CCCCC1.[B]N1CCCCC1.[B]N1CCCCC1.[B]N1CCCCC1.[B]N1CCCCC1.[B]N1CCCCC1.[B]N1CCCCC1.[B]N1CCCCC1.[B]N1CCCCC1.[B]N1CCN(C2CCC(N3CCN([B])CC3)CC2)CC1.[B]N1CCN(c2ccc(N3CCN([B])CC3)cc2)CC1. The average molecular weight is 1950 g/mol. The number of piperidine rings is 10. The summed E-state index contributed by atoms with van der Waals surface area (Å²) in [7, 11) is 78.0. The molecule has 28 radical (unpaired) electrons. The van der Waals surface area contributed by atoms with Crippen LogP contribution in [0.5, 0.6) is 0 Å². The molecule has 0 unspecified atom stereocenters. The molecule has 14 heterocycles. The van der Waals surface area contributed by atoms with Crippen molar-refractivity contribution in [1.82, 2.24) is 77.2 Å². The van der Waals surface area contributed by atoms with Gasteiger partial charge >= 0.3 is 0 Å². The van der Waals surface area contributed by atoms with Gasteiger partial charge in [0.1, 0.15) is 0 Å². The van der Waals surface area contributed by atoms with Crippen LogP contribution in [0.1, 0.15) is 326 Å². The molecule has 17 fully saturated rings. The molecule has 17 aliphatic rings. The minimum absolute atomic E-state index is 0.802. The number of piperazine rings is 4. The lowest BCUT2D eigenvalue weighted by Gasteiger charge is -2.45. The van der Waals surface area contributed by atoms with Gasteiger partial charge in [-0.25, -0.2) is 0 Å². The average Bonchev–Trinajstić information content (AvgIpc) is 0.842. The zero-order valence-electron chi connectivity index (χ0n) is 94.5. The number of nitrogens with zero attached hydrogens (tertiary/aromatic N) is 18. The van der Waals surface area contributed by atoms with Gasteiger partial charge in [0, 0.05) is 102 Å². The smallest absolute Gasteiger partial charge is 0.182 e. The fourth-order valence-electron chi connectivity index (χ4n) is 21.6. The van der Waals surface area contributed by atoms with Crippen molar-refractivity contribution in [3.8, 4) is 0 Å². The van der Waals surface area contributed by atoms with Gasteiger partial charge in [-0.05, 0) is 419 Å². The summed E-state index contributed by atoms with van der Waals surface area (Å²) in [5.41, 5.74) is 9.30. The van der Waals surface area contributed by atoms with Crippen LogP contribution in [0, 0.1) is 64.2 Å². The third-order valence-corrected chi connectivity index (χ3v) is 30.8. The van der Waals surface area contributed by atoms with Crippen molar-refractivity contribution >= 4 is 123 Å². The molecular weight excluding hydrogens is 1750 g/mol. The number of rotatable bonds is 4. The van der Waals surface area contributed by atoms with Gasteiger partial charge in [0.15, 0.2) is 112 Å². The Bertz CT molecular complexity index is 2930. The molecule has 3 saturated carbocycles. The van der Waals surface area contributed by atoms with Gasteiger partial charge < -0.3 is 77.2 Å². The Morgan fingerprint density at radius 2 is 0.306 bits per heavy atom. The predicted molar refractivity (Wildman–Crippen MR) is 636 cm³/mol. The third-order valence-electron chi connectivity index (χ3n) is 30.8. The van der Waals surface area contributed by atoms with Crippen LogP contribution in [-0.4, -0.2) is 437 Å². The van der Waals surface area contributed by atoms with Crippen molar-refractivity contribution in [3.05, 3.63) is 94.5 Å². The Hall–Kier alpha value is -2.47. The molecule has 3 aromatic carbocycles. The molecule has 3 aliphatic carbocycles. The van der Waals surface area contributed by atoms with E-state index in [0.717, 1.165) is 277 Å². The maximum absolute atomic E-state index is 5.84. The standard InChI is InChI=1S/C14H26B2N4.C14H20B2N4.C9H18.C9H12.C8H16.C8H10.10C5H10BN/c2*15-19-9-5-17(6-10-19)13-1-2-14(4-3-13)18-7-11-20(16)12-8-18;2*1-7-4-8(2)6-9(3)5-7;2*1-7-3-5-8(2)6-4-7;10*6-7-4-2-1-3-5-7/h13-14H,1-12H2;1-4H,5-12H2;7-9H,4-6H2,1-3H3;4-6H,1-3H3;7-8H,3-6H2,1-2H3;3-6H,1-2H3;10*1-5H2. The zero-order valence-corrected chi connectivity index (χ0v) is 94.5. The quantitative estimate of drug-likeness (QED) is 0.233. The first-order valence-corrected chi connectivity index (χ1v) is 58.4.